The van der Waals surface area contributed by atoms with Crippen LogP contribution < -0.4 is 10.6 Å². The molecule has 0 radical (unpaired) electrons. The van der Waals surface area contributed by atoms with Gasteiger partial charge in [-0.25, -0.2) is 0 Å². The van der Waals surface area contributed by atoms with Gasteiger partial charge in [-0.15, -0.1) is 0 Å². The van der Waals surface area contributed by atoms with Crippen LogP contribution in [-0.4, -0.2) is 33.3 Å². The molecule has 1 unspecified atom stereocenters. The maximum absolute atomic E-state index is 5.76. The van der Waals surface area contributed by atoms with E-state index in [9.17, 15) is 0 Å². The molecule has 96 valence electrons. The minimum absolute atomic E-state index is 0.298. The fourth-order valence-electron chi connectivity index (χ4n) is 2.43. The van der Waals surface area contributed by atoms with E-state index in [4.69, 9.17) is 5.73 Å². The van der Waals surface area contributed by atoms with Crippen molar-refractivity contribution < 1.29 is 0 Å². The second kappa shape index (κ2) is 4.12. The predicted molar refractivity (Wildman–Crippen MR) is 71.5 cm³/mol. The number of anilines is 2. The summed E-state index contributed by atoms with van der Waals surface area (Å²) in [5.74, 6) is 1.88. The molecule has 0 spiro atoms. The van der Waals surface area contributed by atoms with E-state index in [2.05, 4.69) is 38.9 Å². The highest BCUT2D eigenvalue weighted by molar-refractivity contribution is 5.91. The summed E-state index contributed by atoms with van der Waals surface area (Å²) in [6, 6.07) is 0. The molecule has 0 saturated heterocycles. The van der Waals surface area contributed by atoms with Crippen molar-refractivity contribution in [1.29, 1.82) is 0 Å². The number of nitrogens with one attached hydrogen (secondary N) is 1. The Morgan fingerprint density at radius 3 is 3.06 bits per heavy atom. The van der Waals surface area contributed by atoms with E-state index in [0.717, 1.165) is 36.4 Å². The fraction of sp³-hybridized carbons (Fsp3) is 0.583. The van der Waals surface area contributed by atoms with Crippen molar-refractivity contribution in [1.82, 2.24) is 20.2 Å². The molecule has 0 aliphatic carbocycles. The Labute approximate surface area is 106 Å². The third-order valence-corrected chi connectivity index (χ3v) is 3.65. The molecule has 1 aliphatic heterocycles. The normalized spacial score (nSPS) is 16.2. The summed E-state index contributed by atoms with van der Waals surface area (Å²) in [6.07, 6.45) is 2.13. The molecule has 0 bridgehead atoms. The lowest BCUT2D eigenvalue weighted by molar-refractivity contribution is 0.538. The maximum Gasteiger partial charge on any atom is 0.224 e. The third-order valence-electron chi connectivity index (χ3n) is 3.65. The van der Waals surface area contributed by atoms with Gasteiger partial charge in [-0.1, -0.05) is 20.3 Å². The Balaban J connectivity index is 2.07. The maximum atomic E-state index is 5.76. The Kier molecular flexibility index (Phi) is 2.57. The van der Waals surface area contributed by atoms with E-state index in [1.807, 2.05) is 0 Å². The van der Waals surface area contributed by atoms with E-state index in [1.165, 1.54) is 6.42 Å². The van der Waals surface area contributed by atoms with Gasteiger partial charge < -0.3 is 10.6 Å². The van der Waals surface area contributed by atoms with Gasteiger partial charge in [0.15, 0.2) is 5.65 Å². The van der Waals surface area contributed by atoms with Gasteiger partial charge in [0.2, 0.25) is 5.95 Å². The lowest BCUT2D eigenvalue weighted by Gasteiger charge is -2.29. The summed E-state index contributed by atoms with van der Waals surface area (Å²) in [5.41, 5.74) is 7.56. The SMILES string of the molecule is CCC(C)CN1CCc2[nH]nc3nc(N)nc1c23. The molecular weight excluding hydrogens is 228 g/mol. The molecule has 0 fully saturated rings. The van der Waals surface area contributed by atoms with Crippen molar-refractivity contribution in [3.05, 3.63) is 5.69 Å². The molecule has 6 heteroatoms. The lowest BCUT2D eigenvalue weighted by Crippen LogP contribution is -2.34. The summed E-state index contributed by atoms with van der Waals surface area (Å²) in [4.78, 5) is 10.9. The number of hydrogen-bond acceptors (Lipinski definition) is 5. The van der Waals surface area contributed by atoms with Crippen molar-refractivity contribution in [2.75, 3.05) is 23.7 Å². The van der Waals surface area contributed by atoms with Crippen molar-refractivity contribution in [2.45, 2.75) is 26.7 Å². The molecule has 0 amide bonds. The van der Waals surface area contributed by atoms with Crippen LogP contribution in [0.4, 0.5) is 11.8 Å². The van der Waals surface area contributed by atoms with Gasteiger partial charge >= 0.3 is 0 Å². The molecule has 2 aromatic heterocycles. The zero-order valence-corrected chi connectivity index (χ0v) is 10.8. The standard InChI is InChI=1S/C12H18N6/c1-3-7(2)6-18-5-4-8-9-10(17-16-8)14-12(13)15-11(9)18/h7H,3-6H2,1-2H3,(H3,13,14,15,16,17). The summed E-state index contributed by atoms with van der Waals surface area (Å²) >= 11 is 0. The van der Waals surface area contributed by atoms with E-state index in [-0.39, 0.29) is 0 Å². The third kappa shape index (κ3) is 1.68. The lowest BCUT2D eigenvalue weighted by atomic mass is 10.1. The molecule has 1 aliphatic rings. The first-order chi connectivity index (χ1) is 8.69. The zero-order chi connectivity index (χ0) is 12.7. The van der Waals surface area contributed by atoms with Crippen molar-refractivity contribution >= 4 is 22.8 Å². The highest BCUT2D eigenvalue weighted by Gasteiger charge is 2.24. The van der Waals surface area contributed by atoms with Crippen LogP contribution in [0.2, 0.25) is 0 Å². The van der Waals surface area contributed by atoms with E-state index in [0.29, 0.717) is 17.5 Å². The van der Waals surface area contributed by atoms with Gasteiger partial charge in [0.25, 0.3) is 0 Å². The first-order valence-corrected chi connectivity index (χ1v) is 6.44. The van der Waals surface area contributed by atoms with Crippen LogP contribution >= 0.6 is 0 Å². The molecule has 6 nitrogen and oxygen atoms in total. The molecular formula is C12H18N6. The van der Waals surface area contributed by atoms with Crippen LogP contribution in [0.5, 0.6) is 0 Å². The summed E-state index contributed by atoms with van der Waals surface area (Å²) < 4.78 is 0. The van der Waals surface area contributed by atoms with Crippen LogP contribution in [0, 0.1) is 5.92 Å². The summed E-state index contributed by atoms with van der Waals surface area (Å²) in [6.45, 7) is 6.44. The average molecular weight is 246 g/mol. The van der Waals surface area contributed by atoms with Crippen LogP contribution in [0.3, 0.4) is 0 Å². The fourth-order valence-corrected chi connectivity index (χ4v) is 2.43. The summed E-state index contributed by atoms with van der Waals surface area (Å²) in [5, 5.41) is 8.28. The van der Waals surface area contributed by atoms with Crippen molar-refractivity contribution in [3.8, 4) is 0 Å². The van der Waals surface area contributed by atoms with Crippen LogP contribution in [0.15, 0.2) is 0 Å². The average Bonchev–Trinajstić information content (AvgIpc) is 2.76. The molecule has 0 saturated carbocycles. The number of rotatable bonds is 3. The number of H-pyrrole nitrogens is 1. The molecule has 2 aromatic rings. The molecule has 3 N–H and O–H groups in total. The quantitative estimate of drug-likeness (QED) is 0.854. The Morgan fingerprint density at radius 1 is 1.44 bits per heavy atom. The van der Waals surface area contributed by atoms with Crippen molar-refractivity contribution in [2.24, 2.45) is 5.92 Å². The Morgan fingerprint density at radius 2 is 2.28 bits per heavy atom. The predicted octanol–water partition coefficient (Wildman–Crippen LogP) is 1.34. The number of aromatic nitrogens is 4. The van der Waals surface area contributed by atoms with Crippen molar-refractivity contribution in [3.63, 3.8) is 0 Å². The highest BCUT2D eigenvalue weighted by atomic mass is 15.3. The second-order valence-electron chi connectivity index (χ2n) is 5.02. The number of nitrogen functional groups attached to an aromatic ring is 1. The Bertz CT molecular complexity index is 575. The minimum atomic E-state index is 0.298. The smallest absolute Gasteiger partial charge is 0.224 e. The van der Waals surface area contributed by atoms with Crippen LogP contribution in [0.1, 0.15) is 26.0 Å². The molecule has 18 heavy (non-hydrogen) atoms. The van der Waals surface area contributed by atoms with Crippen LogP contribution in [0.25, 0.3) is 11.0 Å². The van der Waals surface area contributed by atoms with Gasteiger partial charge in [0, 0.05) is 19.5 Å². The van der Waals surface area contributed by atoms with E-state index < -0.39 is 0 Å². The molecule has 3 rings (SSSR count). The number of aromatic amines is 1. The first kappa shape index (κ1) is 11.3. The number of nitrogens with zero attached hydrogens (tertiary/aromatic N) is 4. The van der Waals surface area contributed by atoms with E-state index in [1.54, 1.807) is 0 Å². The monoisotopic (exact) mass is 246 g/mol. The minimum Gasteiger partial charge on any atom is -0.368 e. The second-order valence-corrected chi connectivity index (χ2v) is 5.02. The molecule has 0 aromatic carbocycles. The Hall–Kier alpha value is -1.85. The van der Waals surface area contributed by atoms with E-state index >= 15 is 0 Å². The zero-order valence-electron chi connectivity index (χ0n) is 10.8. The van der Waals surface area contributed by atoms with Crippen LogP contribution in [-0.2, 0) is 6.42 Å². The van der Waals surface area contributed by atoms with Gasteiger partial charge in [-0.3, -0.25) is 5.10 Å². The number of hydrogen-bond donors (Lipinski definition) is 2. The summed E-state index contributed by atoms with van der Waals surface area (Å²) in [7, 11) is 0. The highest BCUT2D eigenvalue weighted by Crippen LogP contribution is 2.31. The number of nitrogens with two attached hydrogens (primary N) is 1. The van der Waals surface area contributed by atoms with Gasteiger partial charge in [-0.2, -0.15) is 15.1 Å². The van der Waals surface area contributed by atoms with Gasteiger partial charge in [0.1, 0.15) is 5.82 Å². The van der Waals surface area contributed by atoms with Gasteiger partial charge in [0.05, 0.1) is 11.1 Å². The molecule has 3 heterocycles. The topological polar surface area (TPSA) is 83.7 Å². The largest absolute Gasteiger partial charge is 0.368 e. The van der Waals surface area contributed by atoms with Gasteiger partial charge in [-0.05, 0) is 5.92 Å². The first-order valence-electron chi connectivity index (χ1n) is 6.44. The molecule has 1 atom stereocenters.